The molecule has 0 heterocycles. The van der Waals surface area contributed by atoms with E-state index in [-0.39, 0.29) is 66.5 Å². The van der Waals surface area contributed by atoms with Crippen LogP contribution in [-0.4, -0.2) is 5.11 Å². The molecule has 1 aromatic carbocycles. The largest absolute Gasteiger partial charge is 0.507 e. The van der Waals surface area contributed by atoms with E-state index >= 15 is 0 Å². The van der Waals surface area contributed by atoms with Crippen LogP contribution >= 0.6 is 34.0 Å². The monoisotopic (exact) mass is 479 g/mol. The maximum absolute atomic E-state index is 10.3. The summed E-state index contributed by atoms with van der Waals surface area (Å²) in [5.41, 5.74) is 2.03. The van der Waals surface area contributed by atoms with Crippen molar-refractivity contribution in [2.45, 2.75) is 58.8 Å². The van der Waals surface area contributed by atoms with Gasteiger partial charge in [0.05, 0.1) is 0 Å². The number of para-hydroxylation sites is 1. The van der Waals surface area contributed by atoms with Gasteiger partial charge in [0.1, 0.15) is 5.75 Å². The van der Waals surface area contributed by atoms with E-state index < -0.39 is 0 Å². The molecule has 0 saturated heterocycles. The summed E-state index contributed by atoms with van der Waals surface area (Å²) in [6.07, 6.45) is 10.0. The molecule has 1 N–H and O–H groups in total. The maximum atomic E-state index is 10.3. The average Bonchev–Trinajstić information content (AvgIpc) is 2.84. The molecule has 1 aliphatic rings. The SMILES string of the molecule is Br.Br.CC(C)(C)c1cccc(C(C)(C)C)c1O.[C-]1=CC=CC1.[Ti]. The molecule has 0 spiro atoms. The fourth-order valence-electron chi connectivity index (χ4n) is 2.09. The Kier molecular flexibility index (Phi) is 14.2. The van der Waals surface area contributed by atoms with Crippen molar-refractivity contribution in [3.8, 4) is 5.75 Å². The summed E-state index contributed by atoms with van der Waals surface area (Å²) in [4.78, 5) is 0. The van der Waals surface area contributed by atoms with E-state index in [2.05, 4.69) is 53.7 Å². The summed E-state index contributed by atoms with van der Waals surface area (Å²) < 4.78 is 0. The third kappa shape index (κ3) is 9.29. The molecule has 0 unspecified atom stereocenters. The molecule has 130 valence electrons. The second-order valence-corrected chi connectivity index (χ2v) is 7.20. The van der Waals surface area contributed by atoms with Crippen LogP contribution in [0.3, 0.4) is 0 Å². The molecule has 0 atom stereocenters. The molecule has 0 aliphatic heterocycles. The van der Waals surface area contributed by atoms with Gasteiger partial charge in [-0.15, -0.1) is 40.4 Å². The van der Waals surface area contributed by atoms with Gasteiger partial charge < -0.3 is 5.11 Å². The maximum Gasteiger partial charge on any atom is 0.123 e. The first kappa shape index (κ1) is 28.0. The number of halogens is 2. The molecule has 2 rings (SSSR count). The Morgan fingerprint density at radius 3 is 1.57 bits per heavy atom. The fourth-order valence-corrected chi connectivity index (χ4v) is 2.09. The summed E-state index contributed by atoms with van der Waals surface area (Å²) in [6, 6.07) is 6.04. The molecule has 1 aromatic rings. The number of phenolic OH excluding ortho intramolecular Hbond substituents is 1. The third-order valence-electron chi connectivity index (χ3n) is 3.24. The fraction of sp³-hybridized carbons (Fsp3) is 0.474. The van der Waals surface area contributed by atoms with Gasteiger partial charge in [0.25, 0.3) is 0 Å². The van der Waals surface area contributed by atoms with Gasteiger partial charge in [-0.2, -0.15) is 6.08 Å². The molecule has 0 amide bonds. The molecule has 0 bridgehead atoms. The van der Waals surface area contributed by atoms with Crippen molar-refractivity contribution in [3.63, 3.8) is 0 Å². The molecule has 0 radical (unpaired) electrons. The van der Waals surface area contributed by atoms with Gasteiger partial charge in [-0.05, 0) is 22.0 Å². The smallest absolute Gasteiger partial charge is 0.123 e. The van der Waals surface area contributed by atoms with Crippen LogP contribution in [0, 0.1) is 6.08 Å². The molecule has 0 fully saturated rings. The van der Waals surface area contributed by atoms with E-state index in [0.717, 1.165) is 17.5 Å². The van der Waals surface area contributed by atoms with Crippen LogP contribution in [-0.2, 0) is 32.5 Å². The topological polar surface area (TPSA) is 20.2 Å². The Labute approximate surface area is 178 Å². The summed E-state index contributed by atoms with van der Waals surface area (Å²) in [5.74, 6) is 0.456. The molecule has 23 heavy (non-hydrogen) atoms. The number of phenols is 1. The van der Waals surface area contributed by atoms with Crippen LogP contribution < -0.4 is 0 Å². The Bertz CT molecular complexity index is 467. The van der Waals surface area contributed by atoms with Crippen molar-refractivity contribution in [1.29, 1.82) is 0 Å². The zero-order chi connectivity index (χ0) is 15.4. The van der Waals surface area contributed by atoms with Gasteiger partial charge >= 0.3 is 0 Å². The minimum Gasteiger partial charge on any atom is -0.507 e. The normalized spacial score (nSPS) is 12.3. The molecule has 4 heteroatoms. The first-order valence-electron chi connectivity index (χ1n) is 7.18. The molecular weight excluding hydrogens is 452 g/mol. The van der Waals surface area contributed by atoms with Crippen LogP contribution in [0.5, 0.6) is 5.75 Å². The van der Waals surface area contributed by atoms with Gasteiger partial charge in [-0.3, -0.25) is 6.08 Å². The summed E-state index contributed by atoms with van der Waals surface area (Å²) >= 11 is 0. The quantitative estimate of drug-likeness (QED) is 0.334. The number of hydrogen-bond donors (Lipinski definition) is 1. The van der Waals surface area contributed by atoms with Crippen molar-refractivity contribution in [2.24, 2.45) is 0 Å². The van der Waals surface area contributed by atoms with Crippen LogP contribution in [0.1, 0.15) is 59.1 Å². The van der Waals surface area contributed by atoms with E-state index in [1.807, 2.05) is 30.4 Å². The third-order valence-corrected chi connectivity index (χ3v) is 3.24. The molecule has 1 nitrogen and oxygen atoms in total. The summed E-state index contributed by atoms with van der Waals surface area (Å²) in [7, 11) is 0. The van der Waals surface area contributed by atoms with Crippen molar-refractivity contribution in [2.75, 3.05) is 0 Å². The zero-order valence-corrected chi connectivity index (χ0v) is 19.9. The van der Waals surface area contributed by atoms with Crippen molar-refractivity contribution >= 4 is 34.0 Å². The Hall–Kier alpha value is 0.174. The van der Waals surface area contributed by atoms with Crippen LogP contribution in [0.4, 0.5) is 0 Å². The second kappa shape index (κ2) is 11.7. The minimum absolute atomic E-state index is 0. The van der Waals surface area contributed by atoms with Gasteiger partial charge in [0.2, 0.25) is 0 Å². The Morgan fingerprint density at radius 1 is 0.913 bits per heavy atom. The van der Waals surface area contributed by atoms with Gasteiger partial charge in [-0.25, -0.2) is 12.2 Å². The number of aromatic hydroxyl groups is 1. The molecule has 0 saturated carbocycles. The molecule has 1 aliphatic carbocycles. The predicted molar refractivity (Wildman–Crippen MR) is 108 cm³/mol. The number of hydrogen-bond acceptors (Lipinski definition) is 1. The van der Waals surface area contributed by atoms with E-state index in [1.54, 1.807) is 0 Å². The molecular formula is C19H29Br2OTi-. The van der Waals surface area contributed by atoms with E-state index in [1.165, 1.54) is 0 Å². The van der Waals surface area contributed by atoms with Crippen molar-refractivity contribution in [1.82, 2.24) is 0 Å². The average molecular weight is 481 g/mol. The van der Waals surface area contributed by atoms with Crippen molar-refractivity contribution in [3.05, 3.63) is 53.6 Å². The zero-order valence-electron chi connectivity index (χ0n) is 14.9. The number of rotatable bonds is 0. The van der Waals surface area contributed by atoms with Crippen LogP contribution in [0.25, 0.3) is 0 Å². The predicted octanol–water partition coefficient (Wildman–Crippen LogP) is 6.45. The first-order valence-corrected chi connectivity index (χ1v) is 7.18. The van der Waals surface area contributed by atoms with Gasteiger partial charge in [0, 0.05) is 21.7 Å². The van der Waals surface area contributed by atoms with E-state index in [4.69, 9.17) is 0 Å². The minimum atomic E-state index is -0.00859. The summed E-state index contributed by atoms with van der Waals surface area (Å²) in [5, 5.41) is 10.3. The van der Waals surface area contributed by atoms with E-state index in [0.29, 0.717) is 5.75 Å². The second-order valence-electron chi connectivity index (χ2n) is 7.20. The number of allylic oxidation sites excluding steroid dienone is 4. The summed E-state index contributed by atoms with van der Waals surface area (Å²) in [6.45, 7) is 12.7. The Balaban J connectivity index is -0.000000431. The van der Waals surface area contributed by atoms with Gasteiger partial charge in [-0.1, -0.05) is 59.7 Å². The van der Waals surface area contributed by atoms with Gasteiger partial charge in [0.15, 0.2) is 0 Å². The Morgan fingerprint density at radius 2 is 1.35 bits per heavy atom. The van der Waals surface area contributed by atoms with Crippen LogP contribution in [0.2, 0.25) is 0 Å². The first-order chi connectivity index (χ1) is 9.14. The number of benzene rings is 1. The van der Waals surface area contributed by atoms with Crippen molar-refractivity contribution < 1.29 is 26.8 Å². The standard InChI is InChI=1S/C14H22O.C5H5.2BrH.Ti/c1-13(2,3)10-8-7-9-11(12(10)15)14(4,5)6;1-2-4-5-3-1;;;/h7-9,15H,1-6H3;1-3H,4H2;2*1H;/q;-1;;;. The van der Waals surface area contributed by atoms with Crippen LogP contribution in [0.15, 0.2) is 36.4 Å². The molecule has 0 aromatic heterocycles. The van der Waals surface area contributed by atoms with E-state index in [9.17, 15) is 5.11 Å².